The number of halogens is 2. The van der Waals surface area contributed by atoms with E-state index >= 15 is 0 Å². The quantitative estimate of drug-likeness (QED) is 0.311. The molecule has 8 heteroatoms. The molecule has 0 atom stereocenters. The second-order valence-corrected chi connectivity index (χ2v) is 6.29. The zero-order valence-electron chi connectivity index (χ0n) is 15.8. The van der Waals surface area contributed by atoms with Crippen LogP contribution in [0.25, 0.3) is 0 Å². The molecule has 2 rings (SSSR count). The van der Waals surface area contributed by atoms with Gasteiger partial charge in [0.2, 0.25) is 0 Å². The Hall–Kier alpha value is -1.68. The van der Waals surface area contributed by atoms with Crippen molar-refractivity contribution < 1.29 is 14.2 Å². The molecule has 0 aliphatic rings. The fourth-order valence-electron chi connectivity index (χ4n) is 2.40. The zero-order valence-corrected chi connectivity index (χ0v) is 19.8. The Bertz CT molecular complexity index is 772. The van der Waals surface area contributed by atoms with Gasteiger partial charge < -0.3 is 24.8 Å². The summed E-state index contributed by atoms with van der Waals surface area (Å²) < 4.78 is 16.8. The molecule has 0 unspecified atom stereocenters. The van der Waals surface area contributed by atoms with Crippen molar-refractivity contribution in [3.8, 4) is 17.2 Å². The lowest BCUT2D eigenvalue weighted by Crippen LogP contribution is -2.36. The number of guanidine groups is 1. The minimum absolute atomic E-state index is 0. The van der Waals surface area contributed by atoms with E-state index in [1.165, 1.54) is 0 Å². The molecule has 148 valence electrons. The molecular formula is C19H25BrIN3O3. The number of benzene rings is 2. The van der Waals surface area contributed by atoms with Crippen LogP contribution in [0, 0.1) is 0 Å². The first-order valence-corrected chi connectivity index (χ1v) is 8.88. The van der Waals surface area contributed by atoms with E-state index in [-0.39, 0.29) is 24.0 Å². The SMILES string of the molecule is CN=C(NCc1ccc(OC)c(Br)c1)NCc1ccc(OC)c(OC)c1.I. The predicted octanol–water partition coefficient (Wildman–Crippen LogP) is 3.96. The van der Waals surface area contributed by atoms with Crippen LogP contribution in [-0.2, 0) is 13.1 Å². The Labute approximate surface area is 185 Å². The van der Waals surface area contributed by atoms with Crippen LogP contribution in [0.2, 0.25) is 0 Å². The van der Waals surface area contributed by atoms with Crippen molar-refractivity contribution in [3.63, 3.8) is 0 Å². The van der Waals surface area contributed by atoms with Gasteiger partial charge in [0.05, 0.1) is 25.8 Å². The zero-order chi connectivity index (χ0) is 18.9. The molecule has 0 amide bonds. The van der Waals surface area contributed by atoms with E-state index < -0.39 is 0 Å². The lowest BCUT2D eigenvalue weighted by atomic mass is 10.2. The molecule has 0 spiro atoms. The van der Waals surface area contributed by atoms with Gasteiger partial charge in [-0.3, -0.25) is 4.99 Å². The largest absolute Gasteiger partial charge is 0.496 e. The first kappa shape index (κ1) is 23.4. The number of aliphatic imine (C=N–C) groups is 1. The predicted molar refractivity (Wildman–Crippen MR) is 123 cm³/mol. The van der Waals surface area contributed by atoms with E-state index in [0.717, 1.165) is 21.3 Å². The lowest BCUT2D eigenvalue weighted by molar-refractivity contribution is 0.354. The van der Waals surface area contributed by atoms with Gasteiger partial charge in [-0.25, -0.2) is 0 Å². The van der Waals surface area contributed by atoms with Gasteiger partial charge in [-0.1, -0.05) is 12.1 Å². The maximum absolute atomic E-state index is 5.33. The van der Waals surface area contributed by atoms with E-state index in [0.29, 0.717) is 30.5 Å². The number of hydrogen-bond donors (Lipinski definition) is 2. The third kappa shape index (κ3) is 6.76. The smallest absolute Gasteiger partial charge is 0.191 e. The van der Waals surface area contributed by atoms with Gasteiger partial charge in [-0.05, 0) is 51.3 Å². The molecule has 0 fully saturated rings. The molecule has 2 N–H and O–H groups in total. The Morgan fingerprint density at radius 1 is 0.852 bits per heavy atom. The minimum Gasteiger partial charge on any atom is -0.496 e. The van der Waals surface area contributed by atoms with Gasteiger partial charge in [0, 0.05) is 20.1 Å². The monoisotopic (exact) mass is 549 g/mol. The number of rotatable bonds is 7. The maximum Gasteiger partial charge on any atom is 0.191 e. The van der Waals surface area contributed by atoms with Crippen molar-refractivity contribution >= 4 is 45.9 Å². The molecule has 0 aliphatic heterocycles. The van der Waals surface area contributed by atoms with Crippen LogP contribution in [0.4, 0.5) is 0 Å². The number of nitrogens with one attached hydrogen (secondary N) is 2. The highest BCUT2D eigenvalue weighted by Crippen LogP contribution is 2.27. The highest BCUT2D eigenvalue weighted by Gasteiger charge is 2.06. The first-order chi connectivity index (χ1) is 12.6. The van der Waals surface area contributed by atoms with Crippen LogP contribution in [0.3, 0.4) is 0 Å². The van der Waals surface area contributed by atoms with Crippen LogP contribution in [0.15, 0.2) is 45.9 Å². The molecule has 0 heterocycles. The number of ether oxygens (including phenoxy) is 3. The Morgan fingerprint density at radius 2 is 1.37 bits per heavy atom. The lowest BCUT2D eigenvalue weighted by Gasteiger charge is -2.14. The van der Waals surface area contributed by atoms with Crippen LogP contribution >= 0.6 is 39.9 Å². The van der Waals surface area contributed by atoms with Gasteiger partial charge in [0.25, 0.3) is 0 Å². The van der Waals surface area contributed by atoms with E-state index in [2.05, 4.69) is 31.6 Å². The molecule has 2 aromatic rings. The standard InChI is InChI=1S/C19H24BrN3O3.HI/c1-21-19(22-11-13-5-7-16(24-2)15(20)9-13)23-12-14-6-8-17(25-3)18(10-14)26-4;/h5-10H,11-12H2,1-4H3,(H2,21,22,23);1H. The fourth-order valence-corrected chi connectivity index (χ4v) is 2.99. The van der Waals surface area contributed by atoms with Gasteiger partial charge in [-0.2, -0.15) is 0 Å². The third-order valence-electron chi connectivity index (χ3n) is 3.81. The molecule has 0 radical (unpaired) electrons. The van der Waals surface area contributed by atoms with Crippen LogP contribution < -0.4 is 24.8 Å². The van der Waals surface area contributed by atoms with Crippen LogP contribution in [0.1, 0.15) is 11.1 Å². The summed E-state index contributed by atoms with van der Waals surface area (Å²) in [5, 5.41) is 6.58. The summed E-state index contributed by atoms with van der Waals surface area (Å²) in [6, 6.07) is 11.8. The van der Waals surface area contributed by atoms with Crippen molar-refractivity contribution in [2.45, 2.75) is 13.1 Å². The number of hydrogen-bond acceptors (Lipinski definition) is 4. The van der Waals surface area contributed by atoms with Crippen molar-refractivity contribution in [1.29, 1.82) is 0 Å². The first-order valence-electron chi connectivity index (χ1n) is 8.09. The average Bonchev–Trinajstić information content (AvgIpc) is 2.68. The summed E-state index contributed by atoms with van der Waals surface area (Å²) >= 11 is 3.50. The topological polar surface area (TPSA) is 64.1 Å². The summed E-state index contributed by atoms with van der Waals surface area (Å²) in [5.74, 6) is 2.94. The minimum atomic E-state index is 0. The molecule has 0 bridgehead atoms. The van der Waals surface area contributed by atoms with Gasteiger partial charge in [0.15, 0.2) is 17.5 Å². The Balaban J connectivity index is 0.00000364. The maximum atomic E-state index is 5.33. The third-order valence-corrected chi connectivity index (χ3v) is 4.43. The van der Waals surface area contributed by atoms with Crippen LogP contribution in [-0.4, -0.2) is 34.3 Å². The summed E-state index contributed by atoms with van der Waals surface area (Å²) in [7, 11) is 6.65. The average molecular weight is 550 g/mol. The Morgan fingerprint density at radius 3 is 1.85 bits per heavy atom. The Kier molecular flexibility index (Phi) is 10.3. The number of methoxy groups -OCH3 is 3. The van der Waals surface area contributed by atoms with Gasteiger partial charge in [0.1, 0.15) is 5.75 Å². The summed E-state index contributed by atoms with van der Waals surface area (Å²) in [6.45, 7) is 1.26. The molecule has 0 aromatic heterocycles. The van der Waals surface area contributed by atoms with E-state index in [4.69, 9.17) is 14.2 Å². The molecule has 0 aliphatic carbocycles. The molecule has 2 aromatic carbocycles. The second kappa shape index (κ2) is 11.9. The molecule has 6 nitrogen and oxygen atoms in total. The normalized spacial score (nSPS) is 10.6. The van der Waals surface area contributed by atoms with Crippen molar-refractivity contribution in [2.75, 3.05) is 28.4 Å². The summed E-state index contributed by atoms with van der Waals surface area (Å²) in [4.78, 5) is 4.25. The number of nitrogens with zero attached hydrogens (tertiary/aromatic N) is 1. The van der Waals surface area contributed by atoms with Gasteiger partial charge in [-0.15, -0.1) is 24.0 Å². The molecule has 0 saturated carbocycles. The van der Waals surface area contributed by atoms with Crippen molar-refractivity contribution in [2.24, 2.45) is 4.99 Å². The van der Waals surface area contributed by atoms with E-state index in [1.807, 2.05) is 36.4 Å². The van der Waals surface area contributed by atoms with E-state index in [1.54, 1.807) is 28.4 Å². The van der Waals surface area contributed by atoms with E-state index in [9.17, 15) is 0 Å². The van der Waals surface area contributed by atoms with Gasteiger partial charge >= 0.3 is 0 Å². The van der Waals surface area contributed by atoms with Crippen LogP contribution in [0.5, 0.6) is 17.2 Å². The molecule has 27 heavy (non-hydrogen) atoms. The summed E-state index contributed by atoms with van der Waals surface area (Å²) in [6.07, 6.45) is 0. The molecular weight excluding hydrogens is 525 g/mol. The fraction of sp³-hybridized carbons (Fsp3) is 0.316. The summed E-state index contributed by atoms with van der Waals surface area (Å²) in [5.41, 5.74) is 2.18. The van der Waals surface area contributed by atoms with Crippen molar-refractivity contribution in [1.82, 2.24) is 10.6 Å². The second-order valence-electron chi connectivity index (χ2n) is 5.44. The highest BCUT2D eigenvalue weighted by molar-refractivity contribution is 14.0. The highest BCUT2D eigenvalue weighted by atomic mass is 127. The molecule has 0 saturated heterocycles. The van der Waals surface area contributed by atoms with Crippen molar-refractivity contribution in [3.05, 3.63) is 52.0 Å².